The van der Waals surface area contributed by atoms with Crippen molar-refractivity contribution in [2.75, 3.05) is 19.7 Å². The lowest BCUT2D eigenvalue weighted by molar-refractivity contribution is -0.131. The van der Waals surface area contributed by atoms with Gasteiger partial charge in [-0.05, 0) is 96.7 Å². The highest BCUT2D eigenvalue weighted by Crippen LogP contribution is 2.47. The second kappa shape index (κ2) is 11.9. The normalized spacial score (nSPS) is 28.3. The molecule has 5 rings (SSSR count). The number of carbonyl (C=O) groups excluding carboxylic acids is 3. The Bertz CT molecular complexity index is 1050. The van der Waals surface area contributed by atoms with E-state index in [4.69, 9.17) is 21.1 Å². The van der Waals surface area contributed by atoms with Crippen LogP contribution in [0.5, 0.6) is 5.75 Å². The first-order chi connectivity index (χ1) is 18.4. The summed E-state index contributed by atoms with van der Waals surface area (Å²) >= 11 is 5.69. The molecule has 2 bridgehead atoms. The Morgan fingerprint density at radius 1 is 1.08 bits per heavy atom. The minimum Gasteiger partial charge on any atom is -0.484 e. The van der Waals surface area contributed by atoms with Crippen molar-refractivity contribution in [2.45, 2.75) is 94.9 Å². The fraction of sp³-hybridized carbons (Fsp3) is 0.679. The van der Waals surface area contributed by atoms with Crippen LogP contribution >= 0.6 is 11.6 Å². The van der Waals surface area contributed by atoms with Crippen LogP contribution < -0.4 is 26.0 Å². The quantitative estimate of drug-likeness (QED) is 0.380. The molecule has 1 aromatic carbocycles. The van der Waals surface area contributed by atoms with E-state index in [0.717, 1.165) is 51.0 Å². The molecule has 1 aromatic rings. The number of hydrogen-bond acceptors (Lipinski definition) is 6. The van der Waals surface area contributed by atoms with E-state index in [-0.39, 0.29) is 52.2 Å². The molecular formula is C28H40ClFN4O5. The maximum atomic E-state index is 13.6. The van der Waals surface area contributed by atoms with Gasteiger partial charge in [-0.1, -0.05) is 11.6 Å². The van der Waals surface area contributed by atoms with Gasteiger partial charge >= 0.3 is 6.09 Å². The fourth-order valence-corrected chi connectivity index (χ4v) is 6.00. The van der Waals surface area contributed by atoms with Crippen molar-refractivity contribution in [1.82, 2.24) is 21.3 Å². The van der Waals surface area contributed by atoms with Gasteiger partial charge in [0.1, 0.15) is 17.2 Å². The minimum absolute atomic E-state index is 0.0000309. The summed E-state index contributed by atoms with van der Waals surface area (Å²) in [5.41, 5.74) is -1.11. The number of ether oxygens (including phenoxy) is 2. The van der Waals surface area contributed by atoms with Gasteiger partial charge in [0.05, 0.1) is 11.1 Å². The Balaban J connectivity index is 1.21. The number of hydrogen-bond donors (Lipinski definition) is 4. The lowest BCUT2D eigenvalue weighted by atomic mass is 9.61. The molecular weight excluding hydrogens is 527 g/mol. The highest BCUT2D eigenvalue weighted by atomic mass is 35.5. The molecule has 0 spiro atoms. The maximum absolute atomic E-state index is 13.6. The van der Waals surface area contributed by atoms with Crippen molar-refractivity contribution >= 4 is 29.5 Å². The van der Waals surface area contributed by atoms with E-state index < -0.39 is 17.5 Å². The topological polar surface area (TPSA) is 118 Å². The van der Waals surface area contributed by atoms with Gasteiger partial charge in [-0.25, -0.2) is 9.18 Å². The Hall–Kier alpha value is -2.59. The van der Waals surface area contributed by atoms with E-state index in [0.29, 0.717) is 19.5 Å². The third kappa shape index (κ3) is 7.97. The molecule has 3 amide bonds. The molecule has 1 heterocycles. The van der Waals surface area contributed by atoms with Gasteiger partial charge in [0.2, 0.25) is 5.91 Å². The molecule has 39 heavy (non-hydrogen) atoms. The zero-order chi connectivity index (χ0) is 28.3. The van der Waals surface area contributed by atoms with Crippen LogP contribution in [-0.4, -0.2) is 60.3 Å². The summed E-state index contributed by atoms with van der Waals surface area (Å²) in [4.78, 5) is 37.8. The standard InChI is InChI=1S/C28H40ClFN4O5/c1-26(2,3)39-25(37)32-16-18-6-13-31-22(14-18)24(36)34-28-10-7-27(8-11-28,9-12-28)33-23(35)17-38-19-4-5-20(29)21(30)15-19/h4-5,15,18,22,31H,6-14,16-17H2,1-3H3,(H,32,37)(H,33,35)(H,34,36). The molecule has 1 saturated heterocycles. The number of nitrogens with one attached hydrogen (secondary N) is 4. The van der Waals surface area contributed by atoms with E-state index >= 15 is 0 Å². The summed E-state index contributed by atoms with van der Waals surface area (Å²) in [6.07, 6.45) is 5.78. The van der Waals surface area contributed by atoms with Gasteiger partial charge in [0, 0.05) is 23.7 Å². The van der Waals surface area contributed by atoms with Crippen molar-refractivity contribution in [2.24, 2.45) is 5.92 Å². The van der Waals surface area contributed by atoms with Gasteiger partial charge < -0.3 is 30.7 Å². The first kappa shape index (κ1) is 29.4. The van der Waals surface area contributed by atoms with Gasteiger partial charge in [-0.3, -0.25) is 9.59 Å². The van der Waals surface area contributed by atoms with Crippen LogP contribution in [0.2, 0.25) is 5.02 Å². The minimum atomic E-state index is -0.595. The summed E-state index contributed by atoms with van der Waals surface area (Å²) in [6.45, 7) is 6.46. The van der Waals surface area contributed by atoms with E-state index in [1.54, 1.807) is 0 Å². The number of piperidine rings is 1. The van der Waals surface area contributed by atoms with Crippen LogP contribution in [0, 0.1) is 11.7 Å². The highest BCUT2D eigenvalue weighted by Gasteiger charge is 2.50. The molecule has 4 N–H and O–H groups in total. The molecule has 11 heteroatoms. The lowest BCUT2D eigenvalue weighted by Crippen LogP contribution is -2.65. The van der Waals surface area contributed by atoms with E-state index in [1.165, 1.54) is 12.1 Å². The molecule has 0 aromatic heterocycles. The van der Waals surface area contributed by atoms with Gasteiger partial charge in [-0.15, -0.1) is 0 Å². The first-order valence-electron chi connectivity index (χ1n) is 13.8. The number of benzene rings is 1. The molecule has 2 atom stereocenters. The third-order valence-electron chi connectivity index (χ3n) is 8.06. The average molecular weight is 567 g/mol. The monoisotopic (exact) mass is 566 g/mol. The highest BCUT2D eigenvalue weighted by molar-refractivity contribution is 6.30. The van der Waals surface area contributed by atoms with Crippen molar-refractivity contribution < 1.29 is 28.2 Å². The van der Waals surface area contributed by atoms with Crippen molar-refractivity contribution in [3.8, 4) is 5.75 Å². The Morgan fingerprint density at radius 3 is 2.33 bits per heavy atom. The fourth-order valence-electron chi connectivity index (χ4n) is 5.88. The molecule has 2 unspecified atom stereocenters. The number of carbonyl (C=O) groups is 3. The van der Waals surface area contributed by atoms with Crippen LogP contribution in [0.15, 0.2) is 18.2 Å². The lowest BCUT2D eigenvalue weighted by Gasteiger charge is -2.54. The largest absolute Gasteiger partial charge is 0.484 e. The predicted octanol–water partition coefficient (Wildman–Crippen LogP) is 3.83. The molecule has 3 aliphatic carbocycles. The molecule has 0 radical (unpaired) electrons. The number of halogens is 2. The van der Waals surface area contributed by atoms with Crippen LogP contribution in [0.1, 0.15) is 72.1 Å². The summed E-state index contributed by atoms with van der Waals surface area (Å²) in [5, 5.41) is 12.6. The first-order valence-corrected chi connectivity index (χ1v) is 14.1. The van der Waals surface area contributed by atoms with E-state index in [1.807, 2.05) is 20.8 Å². The predicted molar refractivity (Wildman–Crippen MR) is 145 cm³/mol. The number of fused-ring (bicyclic) bond motifs is 3. The summed E-state index contributed by atoms with van der Waals surface area (Å²) < 4.78 is 24.4. The Labute approximate surface area is 234 Å². The molecule has 4 aliphatic rings. The van der Waals surface area contributed by atoms with Crippen molar-refractivity contribution in [1.29, 1.82) is 0 Å². The number of rotatable bonds is 8. The maximum Gasteiger partial charge on any atom is 0.407 e. The third-order valence-corrected chi connectivity index (χ3v) is 8.37. The molecule has 9 nitrogen and oxygen atoms in total. The molecule has 1 aliphatic heterocycles. The van der Waals surface area contributed by atoms with Crippen molar-refractivity contribution in [3.63, 3.8) is 0 Å². The number of amides is 3. The van der Waals surface area contributed by atoms with Crippen LogP contribution in [0.3, 0.4) is 0 Å². The summed E-state index contributed by atoms with van der Waals surface area (Å²) in [5.74, 6) is -0.403. The molecule has 216 valence electrons. The molecule has 4 fully saturated rings. The Morgan fingerprint density at radius 2 is 1.72 bits per heavy atom. The smallest absolute Gasteiger partial charge is 0.407 e. The summed E-state index contributed by atoms with van der Waals surface area (Å²) in [6, 6.07) is 3.77. The number of alkyl carbamates (subject to hydrolysis) is 1. The SMILES string of the molecule is CC(C)(C)OC(=O)NCC1CCNC(C(=O)NC23CCC(NC(=O)COc4ccc(Cl)c(F)c4)(CC2)CC3)C1. The van der Waals surface area contributed by atoms with Gasteiger partial charge in [0.25, 0.3) is 5.91 Å². The van der Waals surface area contributed by atoms with Crippen LogP contribution in [0.25, 0.3) is 0 Å². The second-order valence-corrected chi connectivity index (χ2v) is 12.6. The van der Waals surface area contributed by atoms with E-state index in [2.05, 4.69) is 21.3 Å². The van der Waals surface area contributed by atoms with Gasteiger partial charge in [0.15, 0.2) is 6.61 Å². The van der Waals surface area contributed by atoms with Crippen LogP contribution in [0.4, 0.5) is 9.18 Å². The molecule has 3 saturated carbocycles. The van der Waals surface area contributed by atoms with Crippen LogP contribution in [-0.2, 0) is 14.3 Å². The second-order valence-electron chi connectivity index (χ2n) is 12.2. The van der Waals surface area contributed by atoms with Gasteiger partial charge in [-0.2, -0.15) is 0 Å². The van der Waals surface area contributed by atoms with Crippen molar-refractivity contribution in [3.05, 3.63) is 29.0 Å². The van der Waals surface area contributed by atoms with E-state index in [9.17, 15) is 18.8 Å². The zero-order valence-electron chi connectivity index (χ0n) is 23.0. The zero-order valence-corrected chi connectivity index (χ0v) is 23.7. The summed E-state index contributed by atoms with van der Waals surface area (Å²) in [7, 11) is 0. The average Bonchev–Trinajstić information content (AvgIpc) is 2.88. The Kier molecular flexibility index (Phi) is 8.95.